The highest BCUT2D eigenvalue weighted by molar-refractivity contribution is 5.59. The molecule has 1 aromatic rings. The number of anilines is 1. The Balaban J connectivity index is 2.96. The summed E-state index contributed by atoms with van der Waals surface area (Å²) in [4.78, 5) is 10.6. The van der Waals surface area contributed by atoms with E-state index in [1.165, 1.54) is 4.68 Å². The lowest BCUT2D eigenvalue weighted by Gasteiger charge is -2.04. The summed E-state index contributed by atoms with van der Waals surface area (Å²) in [5.41, 5.74) is 0.598. The van der Waals surface area contributed by atoms with Crippen molar-refractivity contribution in [3.8, 4) is 0 Å². The first kappa shape index (κ1) is 12.4. The number of aromatic nitrogens is 2. The predicted molar refractivity (Wildman–Crippen MR) is 61.7 cm³/mol. The molecule has 0 fully saturated rings. The van der Waals surface area contributed by atoms with Gasteiger partial charge in [-0.2, -0.15) is 5.10 Å². The fraction of sp³-hybridized carbons (Fsp3) is 0.667. The van der Waals surface area contributed by atoms with Gasteiger partial charge in [0, 0.05) is 20.1 Å². The van der Waals surface area contributed by atoms with Gasteiger partial charge < -0.3 is 10.6 Å². The van der Waals surface area contributed by atoms with E-state index in [4.69, 9.17) is 0 Å². The minimum Gasteiger partial charge on any atom is -0.363 e. The van der Waals surface area contributed by atoms with Gasteiger partial charge in [-0.1, -0.05) is 6.92 Å². The van der Waals surface area contributed by atoms with Crippen molar-refractivity contribution in [2.75, 3.05) is 25.5 Å². The molecule has 0 bridgehead atoms. The number of nitrogens with zero attached hydrogens (tertiary/aromatic N) is 3. The summed E-state index contributed by atoms with van der Waals surface area (Å²) in [7, 11) is 3.53. The van der Waals surface area contributed by atoms with Gasteiger partial charge in [-0.05, 0) is 13.5 Å². The lowest BCUT2D eigenvalue weighted by molar-refractivity contribution is -0.384. The molecule has 0 aliphatic heterocycles. The SMILES string of the molecule is CCc1nn(C)c(NCCNC)c1[N+](=O)[O-]. The third-order valence-corrected chi connectivity index (χ3v) is 2.28. The highest BCUT2D eigenvalue weighted by atomic mass is 16.6. The van der Waals surface area contributed by atoms with E-state index in [9.17, 15) is 10.1 Å². The Bertz CT molecular complexity index is 374. The van der Waals surface area contributed by atoms with Crippen molar-refractivity contribution in [1.82, 2.24) is 15.1 Å². The van der Waals surface area contributed by atoms with Crippen molar-refractivity contribution in [1.29, 1.82) is 0 Å². The largest absolute Gasteiger partial charge is 0.363 e. The van der Waals surface area contributed by atoms with Crippen LogP contribution in [0.1, 0.15) is 12.6 Å². The summed E-state index contributed by atoms with van der Waals surface area (Å²) in [5, 5.41) is 21.0. The molecule has 2 N–H and O–H groups in total. The summed E-state index contributed by atoms with van der Waals surface area (Å²) >= 11 is 0. The molecule has 90 valence electrons. The van der Waals surface area contributed by atoms with Crippen molar-refractivity contribution >= 4 is 11.5 Å². The topological polar surface area (TPSA) is 85.0 Å². The van der Waals surface area contributed by atoms with E-state index in [0.717, 1.165) is 6.54 Å². The Morgan fingerprint density at radius 1 is 1.50 bits per heavy atom. The minimum atomic E-state index is -0.381. The molecule has 0 aliphatic rings. The van der Waals surface area contributed by atoms with Crippen LogP contribution in [0.3, 0.4) is 0 Å². The van der Waals surface area contributed by atoms with Crippen LogP contribution < -0.4 is 10.6 Å². The van der Waals surface area contributed by atoms with E-state index in [-0.39, 0.29) is 10.6 Å². The normalized spacial score (nSPS) is 10.4. The van der Waals surface area contributed by atoms with Crippen molar-refractivity contribution in [2.45, 2.75) is 13.3 Å². The summed E-state index contributed by atoms with van der Waals surface area (Å²) in [6, 6.07) is 0. The molecule has 0 amide bonds. The average molecular weight is 227 g/mol. The van der Waals surface area contributed by atoms with E-state index in [1.54, 1.807) is 7.05 Å². The van der Waals surface area contributed by atoms with Crippen molar-refractivity contribution in [2.24, 2.45) is 7.05 Å². The first-order chi connectivity index (χ1) is 7.61. The molecular formula is C9H17N5O2. The van der Waals surface area contributed by atoms with Gasteiger partial charge in [0.2, 0.25) is 5.82 Å². The Morgan fingerprint density at radius 2 is 2.19 bits per heavy atom. The fourth-order valence-electron chi connectivity index (χ4n) is 1.50. The van der Waals surface area contributed by atoms with Crippen LogP contribution in [-0.4, -0.2) is 34.8 Å². The number of hydrogen-bond acceptors (Lipinski definition) is 5. The molecule has 0 saturated heterocycles. The maximum Gasteiger partial charge on any atom is 0.333 e. The maximum atomic E-state index is 10.9. The number of nitrogens with one attached hydrogen (secondary N) is 2. The molecule has 0 atom stereocenters. The van der Waals surface area contributed by atoms with Crippen molar-refractivity contribution < 1.29 is 4.92 Å². The zero-order valence-corrected chi connectivity index (χ0v) is 9.78. The lowest BCUT2D eigenvalue weighted by Crippen LogP contribution is -2.19. The molecule has 0 unspecified atom stereocenters. The molecule has 1 aromatic heterocycles. The number of hydrogen-bond donors (Lipinski definition) is 2. The van der Waals surface area contributed by atoms with Crippen LogP contribution in [-0.2, 0) is 13.5 Å². The fourth-order valence-corrected chi connectivity index (χ4v) is 1.50. The molecule has 0 spiro atoms. The highest BCUT2D eigenvalue weighted by Gasteiger charge is 2.24. The van der Waals surface area contributed by atoms with Gasteiger partial charge >= 0.3 is 5.69 Å². The molecule has 0 radical (unpaired) electrons. The van der Waals surface area contributed by atoms with Crippen LogP contribution in [0.2, 0.25) is 0 Å². The van der Waals surface area contributed by atoms with Crippen molar-refractivity contribution in [3.63, 3.8) is 0 Å². The van der Waals surface area contributed by atoms with Gasteiger partial charge in [0.1, 0.15) is 5.69 Å². The molecule has 0 aromatic carbocycles. The molecule has 7 nitrogen and oxygen atoms in total. The first-order valence-corrected chi connectivity index (χ1v) is 5.20. The van der Waals surface area contributed by atoms with Gasteiger partial charge in [-0.3, -0.25) is 10.1 Å². The minimum absolute atomic E-state index is 0.0844. The van der Waals surface area contributed by atoms with Gasteiger partial charge in [0.15, 0.2) is 0 Å². The second-order valence-corrected chi connectivity index (χ2v) is 3.41. The predicted octanol–water partition coefficient (Wildman–Crippen LogP) is 0.522. The molecule has 1 heterocycles. The van der Waals surface area contributed by atoms with E-state index in [0.29, 0.717) is 24.5 Å². The Kier molecular flexibility index (Phi) is 4.24. The highest BCUT2D eigenvalue weighted by Crippen LogP contribution is 2.27. The van der Waals surface area contributed by atoms with Crippen LogP contribution in [0.25, 0.3) is 0 Å². The van der Waals surface area contributed by atoms with Gasteiger partial charge in [-0.25, -0.2) is 4.68 Å². The van der Waals surface area contributed by atoms with Crippen LogP contribution >= 0.6 is 0 Å². The van der Waals surface area contributed by atoms with Crippen LogP contribution in [0.15, 0.2) is 0 Å². The van der Waals surface area contributed by atoms with Crippen molar-refractivity contribution in [3.05, 3.63) is 15.8 Å². The number of rotatable bonds is 6. The quantitative estimate of drug-likeness (QED) is 0.420. The number of likely N-dealkylation sites (N-methyl/N-ethyl adjacent to an activating group) is 1. The van der Waals surface area contributed by atoms with Gasteiger partial charge in [-0.15, -0.1) is 0 Å². The smallest absolute Gasteiger partial charge is 0.333 e. The van der Waals surface area contributed by atoms with E-state index in [1.807, 2.05) is 14.0 Å². The lowest BCUT2D eigenvalue weighted by atomic mass is 10.3. The maximum absolute atomic E-state index is 10.9. The van der Waals surface area contributed by atoms with Crippen LogP contribution in [0.4, 0.5) is 11.5 Å². The average Bonchev–Trinajstić information content (AvgIpc) is 2.56. The van der Waals surface area contributed by atoms with E-state index >= 15 is 0 Å². The standard InChI is InChI=1S/C9H17N5O2/c1-4-7-8(14(15)16)9(13(3)12-7)11-6-5-10-2/h10-11H,4-6H2,1-3H3. The second kappa shape index (κ2) is 5.45. The zero-order valence-electron chi connectivity index (χ0n) is 9.78. The molecule has 0 aliphatic carbocycles. The monoisotopic (exact) mass is 227 g/mol. The molecular weight excluding hydrogens is 210 g/mol. The van der Waals surface area contributed by atoms with E-state index < -0.39 is 0 Å². The molecule has 16 heavy (non-hydrogen) atoms. The Morgan fingerprint density at radius 3 is 2.69 bits per heavy atom. The summed E-state index contributed by atoms with van der Waals surface area (Å²) < 4.78 is 1.52. The molecule has 7 heteroatoms. The van der Waals surface area contributed by atoms with E-state index in [2.05, 4.69) is 15.7 Å². The molecule has 1 rings (SSSR count). The number of aryl methyl sites for hydroxylation is 2. The third kappa shape index (κ3) is 2.48. The summed E-state index contributed by atoms with van der Waals surface area (Å²) in [5.74, 6) is 0.470. The van der Waals surface area contributed by atoms with Gasteiger partial charge in [0.25, 0.3) is 0 Å². The zero-order chi connectivity index (χ0) is 12.1. The first-order valence-electron chi connectivity index (χ1n) is 5.20. The molecule has 0 saturated carbocycles. The second-order valence-electron chi connectivity index (χ2n) is 3.41. The third-order valence-electron chi connectivity index (χ3n) is 2.28. The Labute approximate surface area is 94.0 Å². The van der Waals surface area contributed by atoms with Gasteiger partial charge in [0.05, 0.1) is 4.92 Å². The Hall–Kier alpha value is -1.63. The summed E-state index contributed by atoms with van der Waals surface area (Å²) in [6.45, 7) is 3.22. The summed E-state index contributed by atoms with van der Waals surface area (Å²) in [6.07, 6.45) is 0.553. The van der Waals surface area contributed by atoms with Crippen LogP contribution in [0.5, 0.6) is 0 Å². The van der Waals surface area contributed by atoms with Crippen LogP contribution in [0, 0.1) is 10.1 Å². The number of nitro groups is 1.